The lowest BCUT2D eigenvalue weighted by Gasteiger charge is -2.35. The van der Waals surface area contributed by atoms with Crippen molar-refractivity contribution >= 4 is 55.9 Å². The summed E-state index contributed by atoms with van der Waals surface area (Å²) in [6, 6.07) is 9.64. The van der Waals surface area contributed by atoms with Gasteiger partial charge in [0, 0.05) is 44.2 Å². The fourth-order valence-corrected chi connectivity index (χ4v) is 5.89. The number of piperazine rings is 1. The number of rotatable bonds is 7. The fraction of sp³-hybridized carbons (Fsp3) is 0.348. The summed E-state index contributed by atoms with van der Waals surface area (Å²) in [4.78, 5) is 23.0. The van der Waals surface area contributed by atoms with E-state index in [2.05, 4.69) is 20.2 Å². The minimum atomic E-state index is -3.65. The van der Waals surface area contributed by atoms with Gasteiger partial charge in [0.25, 0.3) is 0 Å². The number of carbonyl (C=O) groups excluding carboxylic acids is 1. The molecule has 0 amide bonds. The van der Waals surface area contributed by atoms with E-state index in [1.807, 2.05) is 13.0 Å². The zero-order valence-electron chi connectivity index (χ0n) is 19.2. The van der Waals surface area contributed by atoms with Crippen LogP contribution in [0.25, 0.3) is 10.9 Å². The van der Waals surface area contributed by atoms with Gasteiger partial charge >= 0.3 is 5.97 Å². The summed E-state index contributed by atoms with van der Waals surface area (Å²) in [5.41, 5.74) is 0.896. The molecule has 0 saturated carbocycles. The standard InChI is InChI=1S/C23H25Cl2N5O4S/c1-15(28-22-17-4-3-5-18(23(31)34-2)21(17)26-14-27-22)13-29-8-10-30(11-9-29)35(32,33)16-6-7-19(24)20(25)12-16/h3-7,12,14-15H,8-11,13H2,1-2H3,(H,26,27,28)/t15-/m0/s1. The highest BCUT2D eigenvalue weighted by Crippen LogP contribution is 2.27. The van der Waals surface area contributed by atoms with E-state index in [0.29, 0.717) is 54.6 Å². The lowest BCUT2D eigenvalue weighted by Crippen LogP contribution is -2.50. The van der Waals surface area contributed by atoms with Gasteiger partial charge in [0.05, 0.1) is 33.1 Å². The van der Waals surface area contributed by atoms with Crippen LogP contribution in [-0.4, -0.2) is 79.4 Å². The van der Waals surface area contributed by atoms with Crippen molar-refractivity contribution in [1.82, 2.24) is 19.2 Å². The number of nitrogens with zero attached hydrogens (tertiary/aromatic N) is 4. The Kier molecular flexibility index (Phi) is 7.77. The molecule has 1 atom stereocenters. The third-order valence-corrected chi connectivity index (χ3v) is 8.48. The summed E-state index contributed by atoms with van der Waals surface area (Å²) in [5, 5.41) is 4.64. The molecule has 186 valence electrons. The second-order valence-electron chi connectivity index (χ2n) is 8.24. The highest BCUT2D eigenvalue weighted by Gasteiger charge is 2.29. The van der Waals surface area contributed by atoms with Crippen LogP contribution < -0.4 is 5.32 Å². The Balaban J connectivity index is 1.39. The summed E-state index contributed by atoms with van der Waals surface area (Å²) >= 11 is 11.9. The summed E-state index contributed by atoms with van der Waals surface area (Å²) in [6.07, 6.45) is 1.41. The van der Waals surface area contributed by atoms with Gasteiger partial charge < -0.3 is 10.1 Å². The summed E-state index contributed by atoms with van der Waals surface area (Å²) < 4.78 is 32.3. The maximum absolute atomic E-state index is 13.0. The Labute approximate surface area is 214 Å². The van der Waals surface area contributed by atoms with Gasteiger partial charge in [0.15, 0.2) is 0 Å². The fourth-order valence-electron chi connectivity index (χ4n) is 4.08. The first-order valence-electron chi connectivity index (χ1n) is 11.0. The quantitative estimate of drug-likeness (QED) is 0.456. The molecule has 12 heteroatoms. The third-order valence-electron chi connectivity index (χ3n) is 5.85. The van der Waals surface area contributed by atoms with Crippen LogP contribution in [0.5, 0.6) is 0 Å². The molecule has 1 aliphatic heterocycles. The van der Waals surface area contributed by atoms with Gasteiger partial charge in [-0.15, -0.1) is 0 Å². The van der Waals surface area contributed by atoms with Crippen LogP contribution in [0.4, 0.5) is 5.82 Å². The van der Waals surface area contributed by atoms with Crippen LogP contribution in [0.3, 0.4) is 0 Å². The molecule has 0 unspecified atom stereocenters. The highest BCUT2D eigenvalue weighted by atomic mass is 35.5. The molecule has 3 aromatic rings. The number of methoxy groups -OCH3 is 1. The van der Waals surface area contributed by atoms with Gasteiger partial charge in [0.2, 0.25) is 10.0 Å². The third kappa shape index (κ3) is 5.52. The molecular weight excluding hydrogens is 513 g/mol. The number of benzene rings is 2. The van der Waals surface area contributed by atoms with Crippen molar-refractivity contribution < 1.29 is 17.9 Å². The number of sulfonamides is 1. The first-order chi connectivity index (χ1) is 16.7. The molecule has 1 saturated heterocycles. The molecule has 0 bridgehead atoms. The average Bonchev–Trinajstić information content (AvgIpc) is 2.85. The molecule has 0 aliphatic carbocycles. The molecule has 4 rings (SSSR count). The maximum Gasteiger partial charge on any atom is 0.340 e. The number of para-hydroxylation sites is 1. The van der Waals surface area contributed by atoms with Crippen LogP contribution in [-0.2, 0) is 14.8 Å². The molecule has 2 aromatic carbocycles. The molecule has 1 aromatic heterocycles. The minimum absolute atomic E-state index is 0.00751. The van der Waals surface area contributed by atoms with E-state index in [0.717, 1.165) is 5.39 Å². The summed E-state index contributed by atoms with van der Waals surface area (Å²) in [6.45, 7) is 4.62. The minimum Gasteiger partial charge on any atom is -0.465 e. The number of hydrogen-bond donors (Lipinski definition) is 1. The van der Waals surface area contributed by atoms with Crippen molar-refractivity contribution in [3.05, 3.63) is 58.3 Å². The van der Waals surface area contributed by atoms with Gasteiger partial charge in [-0.2, -0.15) is 4.31 Å². The first kappa shape index (κ1) is 25.6. The van der Waals surface area contributed by atoms with Crippen molar-refractivity contribution in [2.75, 3.05) is 45.2 Å². The van der Waals surface area contributed by atoms with Crippen LogP contribution in [0.2, 0.25) is 10.0 Å². The van der Waals surface area contributed by atoms with Crippen molar-refractivity contribution in [1.29, 1.82) is 0 Å². The van der Waals surface area contributed by atoms with Gasteiger partial charge in [-0.25, -0.2) is 23.2 Å². The lowest BCUT2D eigenvalue weighted by molar-refractivity contribution is 0.0602. The van der Waals surface area contributed by atoms with Crippen LogP contribution in [0, 0.1) is 0 Å². The topological polar surface area (TPSA) is 105 Å². The van der Waals surface area contributed by atoms with Crippen molar-refractivity contribution in [2.24, 2.45) is 0 Å². The number of anilines is 1. The lowest BCUT2D eigenvalue weighted by atomic mass is 10.1. The normalized spacial score (nSPS) is 16.2. The van der Waals surface area contributed by atoms with Crippen molar-refractivity contribution in [2.45, 2.75) is 17.9 Å². The highest BCUT2D eigenvalue weighted by molar-refractivity contribution is 7.89. The summed E-state index contributed by atoms with van der Waals surface area (Å²) in [5.74, 6) is 0.163. The molecule has 0 radical (unpaired) electrons. The van der Waals surface area contributed by atoms with Crippen molar-refractivity contribution in [3.8, 4) is 0 Å². The Bertz CT molecular complexity index is 1350. The second kappa shape index (κ2) is 10.6. The zero-order valence-corrected chi connectivity index (χ0v) is 21.6. The van der Waals surface area contributed by atoms with Gasteiger partial charge in [-0.1, -0.05) is 29.3 Å². The largest absolute Gasteiger partial charge is 0.465 e. The zero-order chi connectivity index (χ0) is 25.2. The second-order valence-corrected chi connectivity index (χ2v) is 11.0. The molecular formula is C23H25Cl2N5O4S. The van der Waals surface area contributed by atoms with E-state index in [-0.39, 0.29) is 16.0 Å². The smallest absolute Gasteiger partial charge is 0.340 e. The predicted molar refractivity (Wildman–Crippen MR) is 136 cm³/mol. The number of aromatic nitrogens is 2. The Morgan fingerprint density at radius 1 is 1.11 bits per heavy atom. The van der Waals surface area contributed by atoms with Gasteiger partial charge in [0.1, 0.15) is 12.1 Å². The molecule has 0 spiro atoms. The molecule has 1 fully saturated rings. The predicted octanol–water partition coefficient (Wildman–Crippen LogP) is 3.53. The number of halogens is 2. The number of ether oxygens (including phenoxy) is 1. The Morgan fingerprint density at radius 3 is 2.54 bits per heavy atom. The number of hydrogen-bond acceptors (Lipinski definition) is 8. The Hall–Kier alpha value is -2.50. The molecule has 1 N–H and O–H groups in total. The molecule has 1 aliphatic rings. The van der Waals surface area contributed by atoms with Gasteiger partial charge in [-0.05, 0) is 37.3 Å². The average molecular weight is 538 g/mol. The van der Waals surface area contributed by atoms with E-state index >= 15 is 0 Å². The molecule has 35 heavy (non-hydrogen) atoms. The number of carbonyl (C=O) groups is 1. The number of fused-ring (bicyclic) bond motifs is 1. The van der Waals surface area contributed by atoms with E-state index in [4.69, 9.17) is 27.9 Å². The first-order valence-corrected chi connectivity index (χ1v) is 13.2. The van der Waals surface area contributed by atoms with E-state index < -0.39 is 16.0 Å². The van der Waals surface area contributed by atoms with E-state index in [1.54, 1.807) is 12.1 Å². The van der Waals surface area contributed by atoms with Crippen LogP contribution >= 0.6 is 23.2 Å². The van der Waals surface area contributed by atoms with E-state index in [9.17, 15) is 13.2 Å². The molecule has 9 nitrogen and oxygen atoms in total. The van der Waals surface area contributed by atoms with Crippen molar-refractivity contribution in [3.63, 3.8) is 0 Å². The maximum atomic E-state index is 13.0. The van der Waals surface area contributed by atoms with Crippen LogP contribution in [0.15, 0.2) is 47.6 Å². The SMILES string of the molecule is COC(=O)c1cccc2c(N[C@@H](C)CN3CCN(S(=O)(=O)c4ccc(Cl)c(Cl)c4)CC3)ncnc12. The monoisotopic (exact) mass is 537 g/mol. The Morgan fingerprint density at radius 2 is 1.86 bits per heavy atom. The number of esters is 1. The molecule has 2 heterocycles. The van der Waals surface area contributed by atoms with E-state index in [1.165, 1.54) is 35.9 Å². The van der Waals surface area contributed by atoms with Gasteiger partial charge in [-0.3, -0.25) is 4.90 Å². The van der Waals surface area contributed by atoms with Crippen LogP contribution in [0.1, 0.15) is 17.3 Å². The summed E-state index contributed by atoms with van der Waals surface area (Å²) in [7, 11) is -2.31. The number of nitrogens with one attached hydrogen (secondary N) is 1.